The number of aromatic nitrogens is 2. The Kier molecular flexibility index (Phi) is 2.95. The third kappa shape index (κ3) is 1.86. The molecule has 110 valence electrons. The summed E-state index contributed by atoms with van der Waals surface area (Å²) in [6.07, 6.45) is 12.9. The fourth-order valence-electron chi connectivity index (χ4n) is 5.97. The van der Waals surface area contributed by atoms with E-state index in [4.69, 9.17) is 4.98 Å². The molecule has 4 saturated carbocycles. The molecule has 1 heterocycles. The predicted octanol–water partition coefficient (Wildman–Crippen LogP) is 3.29. The van der Waals surface area contributed by atoms with Crippen LogP contribution < -0.4 is 5.32 Å². The van der Waals surface area contributed by atoms with Gasteiger partial charge in [-0.1, -0.05) is 6.92 Å². The first-order valence-corrected chi connectivity index (χ1v) is 8.41. The lowest BCUT2D eigenvalue weighted by Gasteiger charge is -2.59. The highest BCUT2D eigenvalue weighted by Crippen LogP contribution is 2.63. The van der Waals surface area contributed by atoms with Gasteiger partial charge in [-0.15, -0.1) is 0 Å². The lowest BCUT2D eigenvalue weighted by molar-refractivity contribution is -0.0766. The molecule has 4 bridgehead atoms. The van der Waals surface area contributed by atoms with E-state index in [1.807, 2.05) is 6.20 Å². The van der Waals surface area contributed by atoms with Crippen LogP contribution in [0.4, 0.5) is 0 Å². The molecular weight excluding hydrogens is 246 g/mol. The van der Waals surface area contributed by atoms with Crippen LogP contribution in [0.15, 0.2) is 12.4 Å². The van der Waals surface area contributed by atoms with Gasteiger partial charge in [0.1, 0.15) is 5.82 Å². The van der Waals surface area contributed by atoms with Crippen molar-refractivity contribution < 1.29 is 0 Å². The fourth-order valence-corrected chi connectivity index (χ4v) is 5.97. The number of imidazole rings is 1. The zero-order valence-electron chi connectivity index (χ0n) is 12.8. The van der Waals surface area contributed by atoms with Crippen LogP contribution in [-0.2, 0) is 7.05 Å². The second-order valence-electron chi connectivity index (χ2n) is 7.67. The van der Waals surface area contributed by atoms with Gasteiger partial charge < -0.3 is 9.88 Å². The van der Waals surface area contributed by atoms with Crippen molar-refractivity contribution in [1.82, 2.24) is 14.9 Å². The second-order valence-corrected chi connectivity index (χ2v) is 7.67. The molecule has 3 nitrogen and oxygen atoms in total. The number of aryl methyl sites for hydroxylation is 1. The molecule has 0 aliphatic heterocycles. The third-order valence-electron chi connectivity index (χ3n) is 6.22. The highest BCUT2D eigenvalue weighted by atomic mass is 15.1. The summed E-state index contributed by atoms with van der Waals surface area (Å²) < 4.78 is 2.23. The third-order valence-corrected chi connectivity index (χ3v) is 6.22. The molecule has 1 aromatic rings. The smallest absolute Gasteiger partial charge is 0.126 e. The molecule has 1 unspecified atom stereocenters. The van der Waals surface area contributed by atoms with E-state index in [2.05, 4.69) is 30.1 Å². The Morgan fingerprint density at radius 2 is 1.85 bits per heavy atom. The molecule has 20 heavy (non-hydrogen) atoms. The predicted molar refractivity (Wildman–Crippen MR) is 80.2 cm³/mol. The van der Waals surface area contributed by atoms with Crippen LogP contribution in [0.25, 0.3) is 0 Å². The Hall–Kier alpha value is -0.830. The summed E-state index contributed by atoms with van der Waals surface area (Å²) in [5.41, 5.74) is 0.490. The Balaban J connectivity index is 1.71. The maximum Gasteiger partial charge on any atom is 0.126 e. The first-order chi connectivity index (χ1) is 9.70. The first kappa shape index (κ1) is 12.9. The normalized spacial score (nSPS) is 40.2. The number of hydrogen-bond donors (Lipinski definition) is 1. The highest BCUT2D eigenvalue weighted by molar-refractivity contribution is 5.12. The zero-order chi connectivity index (χ0) is 13.7. The molecular formula is C17H27N3. The van der Waals surface area contributed by atoms with Crippen LogP contribution in [-0.4, -0.2) is 16.1 Å². The van der Waals surface area contributed by atoms with E-state index in [9.17, 15) is 0 Å². The van der Waals surface area contributed by atoms with Gasteiger partial charge in [0.15, 0.2) is 0 Å². The number of hydrogen-bond acceptors (Lipinski definition) is 2. The molecule has 5 rings (SSSR count). The van der Waals surface area contributed by atoms with E-state index in [1.54, 1.807) is 0 Å². The molecule has 0 aromatic carbocycles. The number of rotatable bonds is 4. The molecule has 4 aliphatic carbocycles. The molecule has 0 radical (unpaired) electrons. The summed E-state index contributed by atoms with van der Waals surface area (Å²) in [5, 5.41) is 3.80. The average molecular weight is 273 g/mol. The van der Waals surface area contributed by atoms with E-state index in [0.29, 0.717) is 11.5 Å². The van der Waals surface area contributed by atoms with E-state index in [0.717, 1.165) is 24.3 Å². The topological polar surface area (TPSA) is 29.9 Å². The SMILES string of the molecule is CCNC(c1nccn1C)C12CC3CC(CC(C3)C1)C2. The zero-order valence-corrected chi connectivity index (χ0v) is 12.8. The van der Waals surface area contributed by atoms with Crippen LogP contribution in [0, 0.1) is 23.2 Å². The molecule has 0 spiro atoms. The maximum atomic E-state index is 4.69. The van der Waals surface area contributed by atoms with Crippen molar-refractivity contribution in [1.29, 1.82) is 0 Å². The summed E-state index contributed by atoms with van der Waals surface area (Å²) in [6.45, 7) is 3.27. The lowest BCUT2D eigenvalue weighted by atomic mass is 9.47. The fraction of sp³-hybridized carbons (Fsp3) is 0.824. The minimum Gasteiger partial charge on any atom is -0.337 e. The molecule has 1 atom stereocenters. The average Bonchev–Trinajstić information content (AvgIpc) is 2.80. The van der Waals surface area contributed by atoms with Gasteiger partial charge in [0.05, 0.1) is 6.04 Å². The van der Waals surface area contributed by atoms with Gasteiger partial charge >= 0.3 is 0 Å². The van der Waals surface area contributed by atoms with Crippen molar-refractivity contribution >= 4 is 0 Å². The quantitative estimate of drug-likeness (QED) is 0.912. The van der Waals surface area contributed by atoms with Gasteiger partial charge in [-0.2, -0.15) is 0 Å². The second kappa shape index (κ2) is 4.59. The van der Waals surface area contributed by atoms with Crippen LogP contribution in [0.5, 0.6) is 0 Å². The van der Waals surface area contributed by atoms with Gasteiger partial charge in [0.2, 0.25) is 0 Å². The Labute approximate surface area is 122 Å². The number of nitrogens with one attached hydrogen (secondary N) is 1. The van der Waals surface area contributed by atoms with Crippen molar-refractivity contribution in [3.05, 3.63) is 18.2 Å². The van der Waals surface area contributed by atoms with Gasteiger partial charge in [-0.05, 0) is 68.2 Å². The molecule has 1 aromatic heterocycles. The highest BCUT2D eigenvalue weighted by Gasteiger charge is 2.55. The van der Waals surface area contributed by atoms with E-state index < -0.39 is 0 Å². The van der Waals surface area contributed by atoms with E-state index in [-0.39, 0.29) is 0 Å². The van der Waals surface area contributed by atoms with Crippen LogP contribution >= 0.6 is 0 Å². The Bertz CT molecular complexity index is 455. The van der Waals surface area contributed by atoms with Gasteiger partial charge in [0.25, 0.3) is 0 Å². The molecule has 0 amide bonds. The Morgan fingerprint density at radius 3 is 2.30 bits per heavy atom. The molecule has 3 heteroatoms. The minimum absolute atomic E-state index is 0.459. The van der Waals surface area contributed by atoms with Crippen molar-refractivity contribution in [3.63, 3.8) is 0 Å². The van der Waals surface area contributed by atoms with Crippen molar-refractivity contribution in [2.24, 2.45) is 30.2 Å². The summed E-state index contributed by atoms with van der Waals surface area (Å²) in [4.78, 5) is 4.69. The van der Waals surface area contributed by atoms with Crippen LogP contribution in [0.1, 0.15) is 57.3 Å². The molecule has 0 saturated heterocycles. The first-order valence-electron chi connectivity index (χ1n) is 8.41. The van der Waals surface area contributed by atoms with Crippen molar-refractivity contribution in [3.8, 4) is 0 Å². The van der Waals surface area contributed by atoms with Gasteiger partial charge in [-0.3, -0.25) is 0 Å². The van der Waals surface area contributed by atoms with Gasteiger partial charge in [-0.25, -0.2) is 4.98 Å². The monoisotopic (exact) mass is 273 g/mol. The summed E-state index contributed by atoms with van der Waals surface area (Å²) in [7, 11) is 2.15. The van der Waals surface area contributed by atoms with Crippen LogP contribution in [0.2, 0.25) is 0 Å². The molecule has 4 aliphatic rings. The Morgan fingerprint density at radius 1 is 1.25 bits per heavy atom. The summed E-state index contributed by atoms with van der Waals surface area (Å²) >= 11 is 0. The lowest BCUT2D eigenvalue weighted by Crippen LogP contribution is -2.52. The van der Waals surface area contributed by atoms with E-state index in [1.165, 1.54) is 44.3 Å². The summed E-state index contributed by atoms with van der Waals surface area (Å²) in [6, 6.07) is 0.459. The van der Waals surface area contributed by atoms with Gasteiger partial charge in [0, 0.05) is 19.4 Å². The van der Waals surface area contributed by atoms with E-state index >= 15 is 0 Å². The van der Waals surface area contributed by atoms with Crippen LogP contribution in [0.3, 0.4) is 0 Å². The standard InChI is InChI=1S/C17H27N3/c1-3-18-15(16-19-4-5-20(16)2)17-9-12-6-13(10-17)8-14(7-12)11-17/h4-5,12-15,18H,3,6-11H2,1-2H3. The number of nitrogens with zero attached hydrogens (tertiary/aromatic N) is 2. The molecule has 1 N–H and O–H groups in total. The van der Waals surface area contributed by atoms with Crippen molar-refractivity contribution in [2.75, 3.05) is 6.54 Å². The minimum atomic E-state index is 0.459. The molecule has 4 fully saturated rings. The maximum absolute atomic E-state index is 4.69. The summed E-state index contributed by atoms with van der Waals surface area (Å²) in [5.74, 6) is 4.27. The largest absolute Gasteiger partial charge is 0.337 e. The van der Waals surface area contributed by atoms with Crippen molar-refractivity contribution in [2.45, 2.75) is 51.5 Å².